The van der Waals surface area contributed by atoms with E-state index >= 15 is 0 Å². The highest BCUT2D eigenvalue weighted by Gasteiger charge is 2.22. The van der Waals surface area contributed by atoms with E-state index in [2.05, 4.69) is 21.2 Å². The van der Waals surface area contributed by atoms with Gasteiger partial charge in [0, 0.05) is 34.3 Å². The van der Waals surface area contributed by atoms with E-state index in [-0.39, 0.29) is 21.8 Å². The number of carbonyl (C=O) groups excluding carboxylic acids is 2. The van der Waals surface area contributed by atoms with Gasteiger partial charge in [-0.3, -0.25) is 9.59 Å². The average Bonchev–Trinajstić information content (AvgIpc) is 2.80. The van der Waals surface area contributed by atoms with E-state index in [1.165, 1.54) is 28.6 Å². The number of anilines is 1. The van der Waals surface area contributed by atoms with Crippen molar-refractivity contribution in [3.8, 4) is 0 Å². The summed E-state index contributed by atoms with van der Waals surface area (Å²) in [6.45, 7) is 4.24. The fourth-order valence-electron chi connectivity index (χ4n) is 3.29. The van der Waals surface area contributed by atoms with Crippen molar-refractivity contribution in [3.63, 3.8) is 0 Å². The van der Waals surface area contributed by atoms with Gasteiger partial charge in [0.05, 0.1) is 15.6 Å². The number of hydrogen-bond donors (Lipinski definition) is 1. The first-order valence-corrected chi connectivity index (χ1v) is 12.8. The Morgan fingerprint density at radius 3 is 2.18 bits per heavy atom. The molecule has 0 aliphatic rings. The smallest absolute Gasteiger partial charge is 0.255 e. The number of nitrogens with zero attached hydrogens (tertiary/aromatic N) is 1. The molecule has 0 aromatic heterocycles. The molecule has 0 aliphatic heterocycles. The Balaban J connectivity index is 1.88. The van der Waals surface area contributed by atoms with Crippen LogP contribution in [0.2, 0.25) is 5.02 Å². The third kappa shape index (κ3) is 5.52. The molecular formula is C24H22BrClN2O4S. The van der Waals surface area contributed by atoms with Crippen molar-refractivity contribution in [2.45, 2.75) is 18.7 Å². The van der Waals surface area contributed by atoms with Crippen LogP contribution in [0.3, 0.4) is 0 Å². The minimum atomic E-state index is -3.62. The van der Waals surface area contributed by atoms with Gasteiger partial charge in [0.15, 0.2) is 5.78 Å². The van der Waals surface area contributed by atoms with Crippen molar-refractivity contribution >= 4 is 54.9 Å². The van der Waals surface area contributed by atoms with Gasteiger partial charge in [-0.15, -0.1) is 0 Å². The topological polar surface area (TPSA) is 83.6 Å². The third-order valence-corrected chi connectivity index (χ3v) is 7.94. The molecule has 3 aromatic rings. The van der Waals surface area contributed by atoms with E-state index in [0.29, 0.717) is 33.8 Å². The largest absolute Gasteiger partial charge is 0.321 e. The zero-order valence-electron chi connectivity index (χ0n) is 18.0. The van der Waals surface area contributed by atoms with Gasteiger partial charge in [-0.2, -0.15) is 4.31 Å². The number of nitrogens with one attached hydrogen (secondary N) is 1. The van der Waals surface area contributed by atoms with Crippen molar-refractivity contribution in [2.75, 3.05) is 18.4 Å². The summed E-state index contributed by atoms with van der Waals surface area (Å²) < 4.78 is 27.3. The van der Waals surface area contributed by atoms with Gasteiger partial charge >= 0.3 is 0 Å². The standard InChI is InChI=1S/C24H22BrClN2O4S/c1-3-28(4-2)33(31,32)18-12-9-16(10-13-18)24(30)27-22-14-11-17(25)15-20(22)23(29)19-7-5-6-8-21(19)26/h5-15H,3-4H2,1-2H3,(H,27,30). The van der Waals surface area contributed by atoms with E-state index in [1.54, 1.807) is 56.3 Å². The fourth-order valence-corrected chi connectivity index (χ4v) is 5.33. The minimum Gasteiger partial charge on any atom is -0.321 e. The van der Waals surface area contributed by atoms with Crippen molar-refractivity contribution < 1.29 is 18.0 Å². The van der Waals surface area contributed by atoms with Gasteiger partial charge in [0.25, 0.3) is 5.91 Å². The Bertz CT molecular complexity index is 1290. The second-order valence-electron chi connectivity index (χ2n) is 7.07. The molecule has 0 fully saturated rings. The first-order valence-electron chi connectivity index (χ1n) is 10.2. The number of benzene rings is 3. The molecule has 0 spiro atoms. The number of sulfonamides is 1. The van der Waals surface area contributed by atoms with Gasteiger partial charge in [-0.25, -0.2) is 8.42 Å². The third-order valence-electron chi connectivity index (χ3n) is 5.05. The second-order valence-corrected chi connectivity index (χ2v) is 10.3. The van der Waals surface area contributed by atoms with E-state index in [9.17, 15) is 18.0 Å². The number of rotatable bonds is 8. The van der Waals surface area contributed by atoms with Gasteiger partial charge in [-0.1, -0.05) is 53.5 Å². The van der Waals surface area contributed by atoms with Gasteiger partial charge in [0.1, 0.15) is 0 Å². The molecule has 0 aliphatic carbocycles. The number of halogens is 2. The number of hydrogen-bond acceptors (Lipinski definition) is 4. The lowest BCUT2D eigenvalue weighted by molar-refractivity contribution is 0.102. The number of ketones is 1. The van der Waals surface area contributed by atoms with E-state index in [4.69, 9.17) is 11.6 Å². The second kappa shape index (κ2) is 10.6. The maximum absolute atomic E-state index is 13.1. The summed E-state index contributed by atoms with van der Waals surface area (Å²) in [4.78, 5) is 26.1. The van der Waals surface area contributed by atoms with Crippen molar-refractivity contribution in [1.29, 1.82) is 0 Å². The summed E-state index contributed by atoms with van der Waals surface area (Å²) >= 11 is 9.54. The zero-order valence-corrected chi connectivity index (χ0v) is 21.2. The summed E-state index contributed by atoms with van der Waals surface area (Å²) in [5.41, 5.74) is 1.16. The van der Waals surface area contributed by atoms with Crippen molar-refractivity contribution in [2.24, 2.45) is 0 Å². The van der Waals surface area contributed by atoms with Gasteiger partial charge in [-0.05, 0) is 54.6 Å². The predicted octanol–water partition coefficient (Wildman–Crippen LogP) is 5.62. The maximum atomic E-state index is 13.1. The molecule has 0 atom stereocenters. The Kier molecular flexibility index (Phi) is 8.07. The average molecular weight is 550 g/mol. The first kappa shape index (κ1) is 25.1. The molecule has 3 aromatic carbocycles. The minimum absolute atomic E-state index is 0.112. The van der Waals surface area contributed by atoms with Crippen LogP contribution in [0.15, 0.2) is 76.1 Å². The van der Waals surface area contributed by atoms with Crippen LogP contribution in [-0.4, -0.2) is 37.5 Å². The Hall–Kier alpha value is -2.52. The molecule has 0 radical (unpaired) electrons. The molecule has 6 nitrogen and oxygen atoms in total. The van der Waals surface area contributed by atoms with Crippen LogP contribution in [0.1, 0.15) is 40.1 Å². The van der Waals surface area contributed by atoms with E-state index in [0.717, 1.165) is 0 Å². The van der Waals surface area contributed by atoms with Gasteiger partial charge in [0.2, 0.25) is 10.0 Å². The first-order chi connectivity index (χ1) is 15.7. The lowest BCUT2D eigenvalue weighted by atomic mass is 10.0. The molecule has 0 saturated carbocycles. The highest BCUT2D eigenvalue weighted by Crippen LogP contribution is 2.27. The lowest BCUT2D eigenvalue weighted by Gasteiger charge is -2.18. The highest BCUT2D eigenvalue weighted by atomic mass is 79.9. The maximum Gasteiger partial charge on any atom is 0.255 e. The number of carbonyl (C=O) groups is 2. The zero-order chi connectivity index (χ0) is 24.2. The molecule has 33 heavy (non-hydrogen) atoms. The van der Waals surface area contributed by atoms with Crippen LogP contribution < -0.4 is 5.32 Å². The fraction of sp³-hybridized carbons (Fsp3) is 0.167. The quantitative estimate of drug-likeness (QED) is 0.370. The molecule has 1 N–H and O–H groups in total. The molecule has 0 heterocycles. The highest BCUT2D eigenvalue weighted by molar-refractivity contribution is 9.10. The van der Waals surface area contributed by atoms with Gasteiger partial charge < -0.3 is 5.32 Å². The Morgan fingerprint density at radius 2 is 1.58 bits per heavy atom. The predicted molar refractivity (Wildman–Crippen MR) is 134 cm³/mol. The van der Waals surface area contributed by atoms with Crippen molar-refractivity contribution in [1.82, 2.24) is 4.31 Å². The van der Waals surface area contributed by atoms with Crippen LogP contribution in [0.5, 0.6) is 0 Å². The summed E-state index contributed by atoms with van der Waals surface area (Å²) in [6.07, 6.45) is 0. The summed E-state index contributed by atoms with van der Waals surface area (Å²) in [7, 11) is -3.62. The van der Waals surface area contributed by atoms with E-state index < -0.39 is 15.9 Å². The molecule has 9 heteroatoms. The lowest BCUT2D eigenvalue weighted by Crippen LogP contribution is -2.30. The molecule has 172 valence electrons. The Morgan fingerprint density at radius 1 is 0.939 bits per heavy atom. The van der Waals surface area contributed by atoms with Crippen molar-refractivity contribution in [3.05, 3.63) is 92.9 Å². The monoisotopic (exact) mass is 548 g/mol. The molecule has 1 amide bonds. The van der Waals surface area contributed by atoms with Crippen LogP contribution >= 0.6 is 27.5 Å². The molecule has 3 rings (SSSR count). The molecule has 0 saturated heterocycles. The van der Waals surface area contributed by atoms with E-state index in [1.807, 2.05) is 0 Å². The molecule has 0 unspecified atom stereocenters. The number of amides is 1. The summed E-state index contributed by atoms with van der Waals surface area (Å²) in [5, 5.41) is 3.05. The molecule has 0 bridgehead atoms. The normalized spacial score (nSPS) is 11.4. The summed E-state index contributed by atoms with van der Waals surface area (Å²) in [5.74, 6) is -0.810. The van der Waals surface area contributed by atoms with Crippen LogP contribution in [0.25, 0.3) is 0 Å². The van der Waals surface area contributed by atoms with Crippen LogP contribution in [-0.2, 0) is 10.0 Å². The van der Waals surface area contributed by atoms with Crippen LogP contribution in [0, 0.1) is 0 Å². The Labute approximate surface area is 206 Å². The SMILES string of the molecule is CCN(CC)S(=O)(=O)c1ccc(C(=O)Nc2ccc(Br)cc2C(=O)c2ccccc2Cl)cc1. The van der Waals surface area contributed by atoms with Crippen LogP contribution in [0.4, 0.5) is 5.69 Å². The summed E-state index contributed by atoms with van der Waals surface area (Å²) in [6, 6.07) is 17.3. The molecular weight excluding hydrogens is 528 g/mol.